The van der Waals surface area contributed by atoms with E-state index in [9.17, 15) is 0 Å². The minimum Gasteiger partial charge on any atom is -0.437 e. The van der Waals surface area contributed by atoms with Crippen molar-refractivity contribution in [1.82, 2.24) is 9.97 Å². The molecule has 0 unspecified atom stereocenters. The molecular weight excluding hydrogens is 344 g/mol. The van der Waals surface area contributed by atoms with Crippen LogP contribution in [0.2, 0.25) is 0 Å². The van der Waals surface area contributed by atoms with Gasteiger partial charge in [0.2, 0.25) is 5.71 Å². The van der Waals surface area contributed by atoms with Gasteiger partial charge in [0.25, 0.3) is 0 Å². The normalized spacial score (nSPS) is 11.9. The van der Waals surface area contributed by atoms with Gasteiger partial charge in [0.15, 0.2) is 0 Å². The Morgan fingerprint density at radius 1 is 0.750 bits per heavy atom. The molecule has 0 saturated carbocycles. The summed E-state index contributed by atoms with van der Waals surface area (Å²) in [6, 6.07) is 26.8. The molecule has 28 heavy (non-hydrogen) atoms. The van der Waals surface area contributed by atoms with Gasteiger partial charge in [-0.3, -0.25) is 4.98 Å². The van der Waals surface area contributed by atoms with E-state index < -0.39 is 0 Å². The van der Waals surface area contributed by atoms with Gasteiger partial charge in [-0.1, -0.05) is 62.4 Å². The lowest BCUT2D eigenvalue weighted by Gasteiger charge is -2.24. The van der Waals surface area contributed by atoms with Crippen LogP contribution < -0.4 is 0 Å². The maximum absolute atomic E-state index is 6.26. The minimum absolute atomic E-state index is 0.210. The second kappa shape index (κ2) is 6.31. The molecule has 0 aliphatic heterocycles. The third-order valence-corrected chi connectivity index (χ3v) is 5.44. The summed E-state index contributed by atoms with van der Waals surface area (Å²) in [5.74, 6) is 0. The first kappa shape index (κ1) is 16.7. The minimum atomic E-state index is -0.210. The zero-order valence-corrected chi connectivity index (χ0v) is 15.9. The monoisotopic (exact) mass is 364 g/mol. The number of benzene rings is 2. The molecule has 5 rings (SSSR count). The first-order valence-electron chi connectivity index (χ1n) is 9.44. The Labute approximate surface area is 163 Å². The Balaban J connectivity index is 1.70. The summed E-state index contributed by atoms with van der Waals surface area (Å²) in [6.45, 7) is 4.39. The van der Waals surface area contributed by atoms with Crippen LogP contribution in [0.15, 0.2) is 89.5 Å². The van der Waals surface area contributed by atoms with E-state index >= 15 is 0 Å². The van der Waals surface area contributed by atoms with Crippen LogP contribution in [0.4, 0.5) is 0 Å². The Bertz CT molecular complexity index is 1270. The first-order valence-corrected chi connectivity index (χ1v) is 9.44. The van der Waals surface area contributed by atoms with Crippen molar-refractivity contribution >= 4 is 22.1 Å². The molecule has 0 aliphatic rings. The van der Waals surface area contributed by atoms with Crippen molar-refractivity contribution in [3.8, 4) is 11.3 Å². The lowest BCUT2D eigenvalue weighted by Crippen LogP contribution is -2.20. The molecule has 136 valence electrons. The van der Waals surface area contributed by atoms with Crippen LogP contribution in [0.1, 0.15) is 25.1 Å². The Hall–Kier alpha value is -3.46. The molecule has 3 heterocycles. The number of hydrogen-bond donors (Lipinski definition) is 0. The number of fused-ring (bicyclic) bond motifs is 3. The van der Waals surface area contributed by atoms with Gasteiger partial charge in [-0.25, -0.2) is 4.98 Å². The maximum atomic E-state index is 6.26. The van der Waals surface area contributed by atoms with Crippen molar-refractivity contribution in [3.63, 3.8) is 0 Å². The van der Waals surface area contributed by atoms with Crippen LogP contribution in [-0.4, -0.2) is 9.97 Å². The second-order valence-electron chi connectivity index (χ2n) is 7.54. The summed E-state index contributed by atoms with van der Waals surface area (Å²) in [6.07, 6.45) is 1.80. The smallest absolute Gasteiger partial charge is 0.227 e. The molecule has 0 saturated heterocycles. The maximum Gasteiger partial charge on any atom is 0.227 e. The average molecular weight is 364 g/mol. The van der Waals surface area contributed by atoms with Crippen molar-refractivity contribution in [1.29, 1.82) is 0 Å². The number of pyridine rings is 2. The van der Waals surface area contributed by atoms with E-state index in [2.05, 4.69) is 61.3 Å². The molecule has 0 spiro atoms. The third-order valence-electron chi connectivity index (χ3n) is 5.44. The third kappa shape index (κ3) is 2.59. The number of rotatable bonds is 3. The predicted octanol–water partition coefficient (Wildman–Crippen LogP) is 6.37. The molecule has 0 atom stereocenters. The molecule has 3 aromatic heterocycles. The van der Waals surface area contributed by atoms with Gasteiger partial charge in [-0.05, 0) is 35.9 Å². The molecule has 2 aromatic carbocycles. The fourth-order valence-corrected chi connectivity index (χ4v) is 3.75. The zero-order chi connectivity index (χ0) is 19.1. The standard InChI is InChI=1S/C25H20N2O/c1-25(2,17-9-4-3-5-10-17)22-15-14-19-18-11-8-12-20(21-13-6-7-16-26-21)23(18)28-24(19)27-22/h3-16H,1-2H3. The van der Waals surface area contributed by atoms with Crippen molar-refractivity contribution in [2.75, 3.05) is 0 Å². The van der Waals surface area contributed by atoms with Gasteiger partial charge in [0, 0.05) is 27.9 Å². The van der Waals surface area contributed by atoms with E-state index in [0.717, 1.165) is 33.3 Å². The Morgan fingerprint density at radius 3 is 2.36 bits per heavy atom. The molecule has 0 fully saturated rings. The first-order chi connectivity index (χ1) is 13.6. The second-order valence-corrected chi connectivity index (χ2v) is 7.54. The van der Waals surface area contributed by atoms with E-state index in [1.54, 1.807) is 6.20 Å². The molecule has 0 N–H and O–H groups in total. The van der Waals surface area contributed by atoms with Gasteiger partial charge >= 0.3 is 0 Å². The van der Waals surface area contributed by atoms with Gasteiger partial charge in [-0.15, -0.1) is 0 Å². The molecular formula is C25H20N2O. The Kier molecular flexibility index (Phi) is 3.76. The van der Waals surface area contributed by atoms with Gasteiger partial charge in [0.05, 0.1) is 11.4 Å². The summed E-state index contributed by atoms with van der Waals surface area (Å²) in [4.78, 5) is 9.39. The summed E-state index contributed by atoms with van der Waals surface area (Å²) in [7, 11) is 0. The van der Waals surface area contributed by atoms with Gasteiger partial charge in [-0.2, -0.15) is 0 Å². The van der Waals surface area contributed by atoms with Gasteiger partial charge in [0.1, 0.15) is 5.58 Å². The van der Waals surface area contributed by atoms with E-state index in [-0.39, 0.29) is 5.41 Å². The van der Waals surface area contributed by atoms with E-state index in [0.29, 0.717) is 5.71 Å². The highest BCUT2D eigenvalue weighted by atomic mass is 16.3. The van der Waals surface area contributed by atoms with E-state index in [4.69, 9.17) is 9.40 Å². The van der Waals surface area contributed by atoms with Crippen LogP contribution in [0.3, 0.4) is 0 Å². The highest BCUT2D eigenvalue weighted by molar-refractivity contribution is 6.08. The molecule has 5 aromatic rings. The summed E-state index contributed by atoms with van der Waals surface area (Å²) in [5.41, 5.74) is 5.39. The topological polar surface area (TPSA) is 38.9 Å². The van der Waals surface area contributed by atoms with Crippen LogP contribution in [0, 0.1) is 0 Å². The number of nitrogens with zero attached hydrogens (tertiary/aromatic N) is 2. The highest BCUT2D eigenvalue weighted by Gasteiger charge is 2.25. The molecule has 3 nitrogen and oxygen atoms in total. The van der Waals surface area contributed by atoms with Crippen molar-refractivity contribution in [3.05, 3.63) is 96.3 Å². The van der Waals surface area contributed by atoms with Crippen molar-refractivity contribution in [2.45, 2.75) is 19.3 Å². The number of hydrogen-bond acceptors (Lipinski definition) is 3. The fourth-order valence-electron chi connectivity index (χ4n) is 3.75. The van der Waals surface area contributed by atoms with E-state index in [1.807, 2.05) is 36.4 Å². The average Bonchev–Trinajstić information content (AvgIpc) is 3.13. The fraction of sp³-hybridized carbons (Fsp3) is 0.120. The molecule has 0 amide bonds. The number of furan rings is 1. The lowest BCUT2D eigenvalue weighted by molar-refractivity contribution is 0.601. The summed E-state index contributed by atoms with van der Waals surface area (Å²) >= 11 is 0. The van der Waals surface area contributed by atoms with Crippen molar-refractivity contribution < 1.29 is 4.42 Å². The molecule has 0 bridgehead atoms. The molecule has 0 aliphatic carbocycles. The lowest BCUT2D eigenvalue weighted by atomic mass is 9.81. The van der Waals surface area contributed by atoms with Crippen LogP contribution in [0.25, 0.3) is 33.3 Å². The van der Waals surface area contributed by atoms with Gasteiger partial charge < -0.3 is 4.42 Å². The predicted molar refractivity (Wildman–Crippen MR) is 113 cm³/mol. The van der Waals surface area contributed by atoms with Crippen LogP contribution in [0.5, 0.6) is 0 Å². The van der Waals surface area contributed by atoms with Crippen LogP contribution in [-0.2, 0) is 5.41 Å². The SMILES string of the molecule is CC(C)(c1ccccc1)c1ccc2c(n1)oc1c(-c3ccccn3)cccc12. The van der Waals surface area contributed by atoms with Crippen molar-refractivity contribution in [2.24, 2.45) is 0 Å². The molecule has 3 heteroatoms. The molecule has 0 radical (unpaired) electrons. The van der Waals surface area contributed by atoms with E-state index in [1.165, 1.54) is 5.56 Å². The summed E-state index contributed by atoms with van der Waals surface area (Å²) < 4.78 is 6.26. The van der Waals surface area contributed by atoms with Crippen LogP contribution >= 0.6 is 0 Å². The number of aromatic nitrogens is 2. The Morgan fingerprint density at radius 2 is 1.57 bits per heavy atom. The largest absolute Gasteiger partial charge is 0.437 e. The highest BCUT2D eigenvalue weighted by Crippen LogP contribution is 2.36. The summed E-state index contributed by atoms with van der Waals surface area (Å²) in [5, 5.41) is 2.09. The zero-order valence-electron chi connectivity index (χ0n) is 15.9. The number of para-hydroxylation sites is 1. The quantitative estimate of drug-likeness (QED) is 0.373.